The Kier molecular flexibility index (Phi) is 10.8. The third-order valence-corrected chi connectivity index (χ3v) is 9.40. The molecule has 0 aromatic heterocycles. The van der Waals surface area contributed by atoms with E-state index in [1.807, 2.05) is 30.3 Å². The summed E-state index contributed by atoms with van der Waals surface area (Å²) in [7, 11) is -3.91. The van der Waals surface area contributed by atoms with Gasteiger partial charge in [-0.3, -0.25) is 13.9 Å². The van der Waals surface area contributed by atoms with Crippen LogP contribution in [-0.4, -0.2) is 50.0 Å². The zero-order chi connectivity index (χ0) is 30.4. The normalized spacial score (nSPS) is 14.4. The SMILES string of the molecule is Cc1ccc(Cl)cc1N(CC(=O)N(Cc1ccc(Cl)cc1Cl)[C@H](Cc1ccccc1)C(=O)NC1CCCC1)S(C)(=O)=O. The first kappa shape index (κ1) is 32.1. The van der Waals surface area contributed by atoms with Crippen LogP contribution >= 0.6 is 34.8 Å². The highest BCUT2D eigenvalue weighted by atomic mass is 35.5. The van der Waals surface area contributed by atoms with Gasteiger partial charge >= 0.3 is 0 Å². The van der Waals surface area contributed by atoms with Crippen LogP contribution < -0.4 is 9.62 Å². The van der Waals surface area contributed by atoms with Gasteiger partial charge in [-0.15, -0.1) is 0 Å². The number of rotatable bonds is 11. The summed E-state index contributed by atoms with van der Waals surface area (Å²) in [4.78, 5) is 29.6. The Bertz CT molecular complexity index is 1530. The quantitative estimate of drug-likeness (QED) is 0.260. The van der Waals surface area contributed by atoms with E-state index < -0.39 is 28.5 Å². The molecule has 4 rings (SSSR count). The number of halogens is 3. The van der Waals surface area contributed by atoms with Crippen molar-refractivity contribution < 1.29 is 18.0 Å². The highest BCUT2D eigenvalue weighted by Gasteiger charge is 2.35. The predicted molar refractivity (Wildman–Crippen MR) is 170 cm³/mol. The van der Waals surface area contributed by atoms with Crippen molar-refractivity contribution in [3.63, 3.8) is 0 Å². The number of anilines is 1. The number of benzene rings is 3. The molecule has 1 aliphatic carbocycles. The number of amides is 2. The first-order chi connectivity index (χ1) is 19.9. The minimum atomic E-state index is -3.91. The molecule has 1 aliphatic rings. The first-order valence-corrected chi connectivity index (χ1v) is 16.7. The molecule has 3 aromatic rings. The van der Waals surface area contributed by atoms with E-state index in [4.69, 9.17) is 34.8 Å². The summed E-state index contributed by atoms with van der Waals surface area (Å²) in [6.07, 6.45) is 5.06. The predicted octanol–water partition coefficient (Wildman–Crippen LogP) is 6.42. The Morgan fingerprint density at radius 3 is 2.24 bits per heavy atom. The fourth-order valence-electron chi connectivity index (χ4n) is 5.20. The van der Waals surface area contributed by atoms with Gasteiger partial charge in [0.1, 0.15) is 12.6 Å². The molecule has 0 unspecified atom stereocenters. The van der Waals surface area contributed by atoms with Gasteiger partial charge in [0.25, 0.3) is 0 Å². The summed E-state index contributed by atoms with van der Waals surface area (Å²) in [6, 6.07) is 18.3. The van der Waals surface area contributed by atoms with Gasteiger partial charge in [-0.05, 0) is 60.7 Å². The molecule has 3 aromatic carbocycles. The number of carbonyl (C=O) groups excluding carboxylic acids is 2. The number of nitrogens with zero attached hydrogens (tertiary/aromatic N) is 2. The summed E-state index contributed by atoms with van der Waals surface area (Å²) < 4.78 is 27.1. The van der Waals surface area contributed by atoms with Crippen LogP contribution in [-0.2, 0) is 32.6 Å². The molecule has 2 amide bonds. The molecule has 42 heavy (non-hydrogen) atoms. The molecule has 0 saturated heterocycles. The maximum atomic E-state index is 14.3. The average Bonchev–Trinajstić information content (AvgIpc) is 3.44. The summed E-state index contributed by atoms with van der Waals surface area (Å²) in [6.45, 7) is 1.18. The van der Waals surface area contributed by atoms with Crippen molar-refractivity contribution >= 4 is 62.3 Å². The van der Waals surface area contributed by atoms with Crippen LogP contribution in [0.25, 0.3) is 0 Å². The van der Waals surface area contributed by atoms with Crippen molar-refractivity contribution in [3.8, 4) is 0 Å². The van der Waals surface area contributed by atoms with Crippen LogP contribution in [0.1, 0.15) is 42.4 Å². The zero-order valence-corrected chi connectivity index (χ0v) is 26.6. The minimum absolute atomic E-state index is 0.0217. The van der Waals surface area contributed by atoms with Crippen LogP contribution in [0.4, 0.5) is 5.69 Å². The lowest BCUT2D eigenvalue weighted by Crippen LogP contribution is -2.54. The number of hydrogen-bond acceptors (Lipinski definition) is 4. The maximum absolute atomic E-state index is 14.3. The van der Waals surface area contributed by atoms with Gasteiger partial charge in [0.15, 0.2) is 0 Å². The molecule has 11 heteroatoms. The Morgan fingerprint density at radius 1 is 0.952 bits per heavy atom. The van der Waals surface area contributed by atoms with E-state index in [1.54, 1.807) is 37.3 Å². The lowest BCUT2D eigenvalue weighted by atomic mass is 10.0. The smallest absolute Gasteiger partial charge is 0.244 e. The number of nitrogens with one attached hydrogen (secondary N) is 1. The Balaban J connectivity index is 1.77. The molecule has 0 radical (unpaired) electrons. The van der Waals surface area contributed by atoms with Gasteiger partial charge in [-0.1, -0.05) is 90.1 Å². The monoisotopic (exact) mass is 649 g/mol. The Morgan fingerprint density at radius 2 is 1.60 bits per heavy atom. The highest BCUT2D eigenvalue weighted by Crippen LogP contribution is 2.28. The second-order valence-electron chi connectivity index (χ2n) is 10.7. The molecular weight excluding hydrogens is 617 g/mol. The maximum Gasteiger partial charge on any atom is 0.244 e. The van der Waals surface area contributed by atoms with Gasteiger partial charge in [0.05, 0.1) is 11.9 Å². The molecule has 0 heterocycles. The third-order valence-electron chi connectivity index (χ3n) is 7.45. The lowest BCUT2D eigenvalue weighted by Gasteiger charge is -2.34. The fourth-order valence-corrected chi connectivity index (χ4v) is 6.73. The lowest BCUT2D eigenvalue weighted by molar-refractivity contribution is -0.140. The van der Waals surface area contributed by atoms with Gasteiger partial charge in [0.2, 0.25) is 21.8 Å². The summed E-state index contributed by atoms with van der Waals surface area (Å²) in [5.41, 5.74) is 2.35. The van der Waals surface area contributed by atoms with E-state index >= 15 is 0 Å². The van der Waals surface area contributed by atoms with Crippen molar-refractivity contribution in [2.24, 2.45) is 0 Å². The van der Waals surface area contributed by atoms with E-state index in [2.05, 4.69) is 5.32 Å². The van der Waals surface area contributed by atoms with Gasteiger partial charge in [-0.25, -0.2) is 8.42 Å². The van der Waals surface area contributed by atoms with Crippen molar-refractivity contribution in [3.05, 3.63) is 98.5 Å². The van der Waals surface area contributed by atoms with Crippen LogP contribution in [0.15, 0.2) is 66.7 Å². The molecule has 1 atom stereocenters. The molecule has 224 valence electrons. The van der Waals surface area contributed by atoms with E-state index in [-0.39, 0.29) is 30.6 Å². The van der Waals surface area contributed by atoms with Gasteiger partial charge in [0, 0.05) is 34.1 Å². The third kappa shape index (κ3) is 8.40. The van der Waals surface area contributed by atoms with E-state index in [9.17, 15) is 18.0 Å². The van der Waals surface area contributed by atoms with Crippen LogP contribution in [0.5, 0.6) is 0 Å². The van der Waals surface area contributed by atoms with Crippen LogP contribution in [0, 0.1) is 6.92 Å². The molecule has 1 saturated carbocycles. The van der Waals surface area contributed by atoms with Crippen molar-refractivity contribution in [2.75, 3.05) is 17.1 Å². The average molecular weight is 651 g/mol. The summed E-state index contributed by atoms with van der Waals surface area (Å²) in [5, 5.41) is 4.24. The van der Waals surface area contributed by atoms with E-state index in [0.29, 0.717) is 26.2 Å². The van der Waals surface area contributed by atoms with Crippen molar-refractivity contribution in [2.45, 2.75) is 57.7 Å². The Labute approximate surface area is 262 Å². The Hall–Kier alpha value is -2.78. The highest BCUT2D eigenvalue weighted by molar-refractivity contribution is 7.92. The minimum Gasteiger partial charge on any atom is -0.352 e. The number of hydrogen-bond donors (Lipinski definition) is 1. The summed E-state index contributed by atoms with van der Waals surface area (Å²) >= 11 is 18.9. The van der Waals surface area contributed by atoms with E-state index in [1.165, 1.54) is 11.0 Å². The van der Waals surface area contributed by atoms with Gasteiger partial charge < -0.3 is 10.2 Å². The number of sulfonamides is 1. The molecule has 1 N–H and O–H groups in total. The standard InChI is InChI=1S/C31H34Cl3N3O4S/c1-21-12-14-25(33)18-28(21)37(42(2,40)41)20-30(38)36(19-23-13-15-24(32)17-27(23)34)29(16-22-8-4-3-5-9-22)31(39)35-26-10-6-7-11-26/h3-5,8-9,12-15,17-18,26,29H,6-7,10-11,16,19-20H2,1-2H3,(H,35,39)/t29-/m1/s1. The molecule has 0 spiro atoms. The largest absolute Gasteiger partial charge is 0.352 e. The fraction of sp³-hybridized carbons (Fsp3) is 0.355. The second kappa shape index (κ2) is 14.1. The number of aryl methyl sites for hydroxylation is 1. The molecule has 0 aliphatic heterocycles. The topological polar surface area (TPSA) is 86.8 Å². The second-order valence-corrected chi connectivity index (χ2v) is 13.8. The van der Waals surface area contributed by atoms with E-state index in [0.717, 1.165) is 41.8 Å². The molecule has 7 nitrogen and oxygen atoms in total. The zero-order valence-electron chi connectivity index (χ0n) is 23.5. The molecular formula is C31H34Cl3N3O4S. The summed E-state index contributed by atoms with van der Waals surface area (Å²) in [5.74, 6) is -0.859. The van der Waals surface area contributed by atoms with Gasteiger partial charge in [-0.2, -0.15) is 0 Å². The van der Waals surface area contributed by atoms with Crippen LogP contribution in [0.2, 0.25) is 15.1 Å². The number of carbonyl (C=O) groups is 2. The first-order valence-electron chi connectivity index (χ1n) is 13.7. The van der Waals surface area contributed by atoms with Crippen LogP contribution in [0.3, 0.4) is 0 Å². The van der Waals surface area contributed by atoms with Crippen molar-refractivity contribution in [1.29, 1.82) is 0 Å². The van der Waals surface area contributed by atoms with Crippen molar-refractivity contribution in [1.82, 2.24) is 10.2 Å². The molecule has 1 fully saturated rings. The molecule has 0 bridgehead atoms.